The number of ether oxygens (including phenoxy) is 1. The molecule has 18 heavy (non-hydrogen) atoms. The van der Waals surface area contributed by atoms with E-state index in [0.29, 0.717) is 12.1 Å². The largest absolute Gasteiger partial charge is 0.379 e. The van der Waals surface area contributed by atoms with Crippen LogP contribution in [-0.2, 0) is 4.74 Å². The summed E-state index contributed by atoms with van der Waals surface area (Å²) in [7, 11) is 2.32. The second-order valence-corrected chi connectivity index (χ2v) is 6.40. The summed E-state index contributed by atoms with van der Waals surface area (Å²) in [5.74, 6) is 0.912. The monoisotopic (exact) mass is 254 g/mol. The first-order chi connectivity index (χ1) is 8.66. The molecule has 1 aliphatic heterocycles. The summed E-state index contributed by atoms with van der Waals surface area (Å²) >= 11 is 0. The minimum atomic E-state index is 0.553. The molecule has 4 atom stereocenters. The Morgan fingerprint density at radius 2 is 2.22 bits per heavy atom. The highest BCUT2D eigenvalue weighted by Gasteiger charge is 2.26. The van der Waals surface area contributed by atoms with Crippen LogP contribution in [0.3, 0.4) is 0 Å². The quantitative estimate of drug-likeness (QED) is 0.833. The van der Waals surface area contributed by atoms with Crippen LogP contribution >= 0.6 is 0 Å². The fraction of sp³-hybridized carbons (Fsp3) is 1.00. The van der Waals surface area contributed by atoms with Crippen LogP contribution in [0, 0.1) is 5.92 Å². The molecule has 0 spiro atoms. The second-order valence-electron chi connectivity index (χ2n) is 6.40. The third kappa shape index (κ3) is 3.94. The summed E-state index contributed by atoms with van der Waals surface area (Å²) in [5.41, 5.74) is 0. The minimum Gasteiger partial charge on any atom is -0.379 e. The Balaban J connectivity index is 1.77. The molecule has 3 nitrogen and oxygen atoms in total. The van der Waals surface area contributed by atoms with Gasteiger partial charge in [0, 0.05) is 24.7 Å². The predicted molar refractivity (Wildman–Crippen MR) is 75.9 cm³/mol. The molecule has 1 saturated heterocycles. The first-order valence-electron chi connectivity index (χ1n) is 7.70. The number of morpholine rings is 1. The van der Waals surface area contributed by atoms with Gasteiger partial charge in [0.1, 0.15) is 0 Å². The van der Waals surface area contributed by atoms with E-state index >= 15 is 0 Å². The van der Waals surface area contributed by atoms with Gasteiger partial charge in [-0.3, -0.25) is 0 Å². The molecule has 0 aromatic rings. The van der Waals surface area contributed by atoms with Gasteiger partial charge in [0.15, 0.2) is 0 Å². The first-order valence-corrected chi connectivity index (χ1v) is 7.70. The lowest BCUT2D eigenvalue weighted by Crippen LogP contribution is -2.48. The molecule has 2 aliphatic rings. The summed E-state index contributed by atoms with van der Waals surface area (Å²) in [4.78, 5) is 2.62. The van der Waals surface area contributed by atoms with Crippen LogP contribution in [0.4, 0.5) is 0 Å². The highest BCUT2D eigenvalue weighted by molar-refractivity contribution is 4.83. The van der Waals surface area contributed by atoms with Gasteiger partial charge in [0.2, 0.25) is 0 Å². The van der Waals surface area contributed by atoms with Crippen LogP contribution in [0.5, 0.6) is 0 Å². The van der Waals surface area contributed by atoms with Crippen LogP contribution in [-0.4, -0.2) is 49.8 Å². The summed E-state index contributed by atoms with van der Waals surface area (Å²) < 4.78 is 5.54. The van der Waals surface area contributed by atoms with Crippen molar-refractivity contribution in [3.63, 3.8) is 0 Å². The molecule has 1 heterocycles. The van der Waals surface area contributed by atoms with E-state index in [1.165, 1.54) is 32.1 Å². The topological polar surface area (TPSA) is 24.5 Å². The lowest BCUT2D eigenvalue weighted by atomic mass is 9.85. The maximum atomic E-state index is 5.54. The van der Waals surface area contributed by atoms with Crippen LogP contribution in [0.1, 0.15) is 46.0 Å². The fourth-order valence-corrected chi connectivity index (χ4v) is 3.48. The van der Waals surface area contributed by atoms with Crippen molar-refractivity contribution in [2.75, 3.05) is 26.8 Å². The van der Waals surface area contributed by atoms with Crippen molar-refractivity contribution in [3.05, 3.63) is 0 Å². The van der Waals surface area contributed by atoms with Gasteiger partial charge in [-0.1, -0.05) is 19.8 Å². The number of nitrogens with one attached hydrogen (secondary N) is 1. The Morgan fingerprint density at radius 3 is 2.89 bits per heavy atom. The Hall–Kier alpha value is -0.120. The van der Waals surface area contributed by atoms with Gasteiger partial charge >= 0.3 is 0 Å². The third-order valence-electron chi connectivity index (χ3n) is 4.80. The fourth-order valence-electron chi connectivity index (χ4n) is 3.48. The number of nitrogens with zero attached hydrogens (tertiary/aromatic N) is 1. The molecule has 3 heteroatoms. The highest BCUT2D eigenvalue weighted by atomic mass is 16.5. The summed E-state index contributed by atoms with van der Waals surface area (Å²) in [6.07, 6.45) is 6.82. The van der Waals surface area contributed by atoms with Crippen molar-refractivity contribution >= 4 is 0 Å². The molecule has 0 amide bonds. The first kappa shape index (κ1) is 14.3. The molecule has 2 fully saturated rings. The highest BCUT2D eigenvalue weighted by Crippen LogP contribution is 2.28. The third-order valence-corrected chi connectivity index (χ3v) is 4.80. The molecule has 0 bridgehead atoms. The zero-order valence-electron chi connectivity index (χ0n) is 12.3. The average molecular weight is 254 g/mol. The number of hydrogen-bond donors (Lipinski definition) is 1. The van der Waals surface area contributed by atoms with Gasteiger partial charge in [-0.05, 0) is 39.2 Å². The Bertz CT molecular complexity index is 241. The van der Waals surface area contributed by atoms with Gasteiger partial charge < -0.3 is 15.0 Å². The average Bonchev–Trinajstić information content (AvgIpc) is 2.39. The van der Waals surface area contributed by atoms with E-state index in [2.05, 4.69) is 31.1 Å². The summed E-state index contributed by atoms with van der Waals surface area (Å²) in [5, 5.41) is 3.56. The second kappa shape index (κ2) is 6.88. The van der Waals surface area contributed by atoms with E-state index in [1.807, 2.05) is 0 Å². The van der Waals surface area contributed by atoms with Gasteiger partial charge in [-0.25, -0.2) is 0 Å². The van der Waals surface area contributed by atoms with Crippen molar-refractivity contribution in [1.29, 1.82) is 0 Å². The van der Waals surface area contributed by atoms with E-state index in [0.717, 1.165) is 31.7 Å². The van der Waals surface area contributed by atoms with Crippen LogP contribution < -0.4 is 5.32 Å². The minimum absolute atomic E-state index is 0.553. The molecular formula is C15H30N2O. The summed E-state index contributed by atoms with van der Waals surface area (Å²) in [6, 6.07) is 2.00. The summed E-state index contributed by atoms with van der Waals surface area (Å²) in [6.45, 7) is 7.55. The zero-order valence-corrected chi connectivity index (χ0v) is 12.3. The number of rotatable bonds is 4. The van der Waals surface area contributed by atoms with E-state index in [-0.39, 0.29) is 0 Å². The maximum absolute atomic E-state index is 5.54. The van der Waals surface area contributed by atoms with Gasteiger partial charge in [-0.2, -0.15) is 0 Å². The van der Waals surface area contributed by atoms with E-state index < -0.39 is 0 Å². The zero-order chi connectivity index (χ0) is 13.0. The smallest absolute Gasteiger partial charge is 0.0620 e. The molecule has 0 aromatic heterocycles. The molecule has 2 rings (SSSR count). The SMILES string of the molecule is CC1CCCC(N(C)C(C)CC2COCCN2)C1. The lowest BCUT2D eigenvalue weighted by molar-refractivity contribution is 0.0544. The Morgan fingerprint density at radius 1 is 1.39 bits per heavy atom. The van der Waals surface area contributed by atoms with Crippen LogP contribution in [0.2, 0.25) is 0 Å². The van der Waals surface area contributed by atoms with Crippen molar-refractivity contribution < 1.29 is 4.74 Å². The molecule has 0 radical (unpaired) electrons. The Labute approximate surface area is 112 Å². The van der Waals surface area contributed by atoms with Gasteiger partial charge in [0.25, 0.3) is 0 Å². The number of hydrogen-bond acceptors (Lipinski definition) is 3. The maximum Gasteiger partial charge on any atom is 0.0620 e. The van der Waals surface area contributed by atoms with Gasteiger partial charge in [-0.15, -0.1) is 0 Å². The normalized spacial score (nSPS) is 35.7. The Kier molecular flexibility index (Phi) is 5.46. The molecular weight excluding hydrogens is 224 g/mol. The molecule has 1 saturated carbocycles. The standard InChI is InChI=1S/C15H30N2O/c1-12-5-4-6-15(9-12)17(3)13(2)10-14-11-18-8-7-16-14/h12-16H,4-11H2,1-3H3. The molecule has 0 aromatic carbocycles. The van der Waals surface area contributed by atoms with Crippen molar-refractivity contribution in [1.82, 2.24) is 10.2 Å². The van der Waals surface area contributed by atoms with E-state index in [9.17, 15) is 0 Å². The van der Waals surface area contributed by atoms with E-state index in [1.54, 1.807) is 0 Å². The molecule has 106 valence electrons. The van der Waals surface area contributed by atoms with Crippen molar-refractivity contribution in [2.45, 2.75) is 64.1 Å². The van der Waals surface area contributed by atoms with Crippen LogP contribution in [0.25, 0.3) is 0 Å². The molecule has 1 N–H and O–H groups in total. The van der Waals surface area contributed by atoms with Crippen LogP contribution in [0.15, 0.2) is 0 Å². The molecule has 1 aliphatic carbocycles. The van der Waals surface area contributed by atoms with Gasteiger partial charge in [0.05, 0.1) is 13.2 Å². The van der Waals surface area contributed by atoms with Crippen molar-refractivity contribution in [3.8, 4) is 0 Å². The lowest BCUT2D eigenvalue weighted by Gasteiger charge is -2.39. The predicted octanol–water partition coefficient (Wildman–Crippen LogP) is 2.26. The molecule has 4 unspecified atom stereocenters. The van der Waals surface area contributed by atoms with Crippen molar-refractivity contribution in [2.24, 2.45) is 5.92 Å². The van der Waals surface area contributed by atoms with E-state index in [4.69, 9.17) is 4.74 Å².